The van der Waals surface area contributed by atoms with Gasteiger partial charge in [-0.1, -0.05) is 30.3 Å². The fourth-order valence-electron chi connectivity index (χ4n) is 4.06. The Morgan fingerprint density at radius 1 is 0.742 bits per heavy atom. The molecule has 0 bridgehead atoms. The molecule has 1 spiro atoms. The molecule has 6 nitrogen and oxygen atoms in total. The molecule has 1 saturated carbocycles. The van der Waals surface area contributed by atoms with Crippen molar-refractivity contribution in [3.8, 4) is 11.5 Å². The first-order valence-corrected chi connectivity index (χ1v) is 10.4. The zero-order chi connectivity index (χ0) is 21.3. The average Bonchev–Trinajstić information content (AvgIpc) is 3.40. The van der Waals surface area contributed by atoms with Crippen LogP contribution in [0.2, 0.25) is 0 Å². The first-order chi connectivity index (χ1) is 15.1. The van der Waals surface area contributed by atoms with Gasteiger partial charge in [0.15, 0.2) is 11.5 Å². The van der Waals surface area contributed by atoms with Gasteiger partial charge in [-0.05, 0) is 49.2 Å². The molecular formula is C25H22N2O4. The van der Waals surface area contributed by atoms with Gasteiger partial charge in [-0.2, -0.15) is 0 Å². The van der Waals surface area contributed by atoms with E-state index in [0.717, 1.165) is 25.7 Å². The van der Waals surface area contributed by atoms with E-state index in [-0.39, 0.29) is 11.8 Å². The van der Waals surface area contributed by atoms with E-state index in [1.165, 1.54) is 0 Å². The predicted octanol–water partition coefficient (Wildman–Crippen LogP) is 5.23. The Bertz CT molecular complexity index is 1140. The lowest BCUT2D eigenvalue weighted by Gasteiger charge is -2.21. The molecule has 1 aliphatic carbocycles. The van der Waals surface area contributed by atoms with E-state index in [4.69, 9.17) is 9.47 Å². The molecule has 31 heavy (non-hydrogen) atoms. The molecule has 156 valence electrons. The number of ether oxygens (including phenoxy) is 2. The lowest BCUT2D eigenvalue weighted by molar-refractivity contribution is -0.0716. The number of para-hydroxylation sites is 1. The van der Waals surface area contributed by atoms with Gasteiger partial charge in [-0.25, -0.2) is 0 Å². The van der Waals surface area contributed by atoms with Crippen molar-refractivity contribution >= 4 is 23.2 Å². The van der Waals surface area contributed by atoms with Crippen LogP contribution in [0.25, 0.3) is 0 Å². The minimum absolute atomic E-state index is 0.272. The lowest BCUT2D eigenvalue weighted by atomic mass is 10.1. The molecule has 0 saturated heterocycles. The highest BCUT2D eigenvalue weighted by Crippen LogP contribution is 2.47. The number of amides is 2. The van der Waals surface area contributed by atoms with Gasteiger partial charge in [0.2, 0.25) is 0 Å². The topological polar surface area (TPSA) is 76.7 Å². The maximum atomic E-state index is 13.0. The average molecular weight is 414 g/mol. The van der Waals surface area contributed by atoms with Crippen LogP contribution in [0.3, 0.4) is 0 Å². The molecule has 1 heterocycles. The molecule has 2 amide bonds. The fourth-order valence-corrected chi connectivity index (χ4v) is 4.06. The van der Waals surface area contributed by atoms with Gasteiger partial charge in [-0.3, -0.25) is 9.59 Å². The first-order valence-electron chi connectivity index (χ1n) is 10.4. The molecule has 1 aliphatic heterocycles. The number of benzene rings is 3. The van der Waals surface area contributed by atoms with Crippen molar-refractivity contribution in [2.45, 2.75) is 31.5 Å². The maximum Gasteiger partial charge on any atom is 0.257 e. The van der Waals surface area contributed by atoms with Gasteiger partial charge in [0, 0.05) is 30.2 Å². The second-order valence-electron chi connectivity index (χ2n) is 7.80. The van der Waals surface area contributed by atoms with E-state index in [1.54, 1.807) is 60.7 Å². The number of nitrogens with one attached hydrogen (secondary N) is 2. The van der Waals surface area contributed by atoms with E-state index in [1.807, 2.05) is 12.1 Å². The van der Waals surface area contributed by atoms with E-state index >= 15 is 0 Å². The number of hydrogen-bond donors (Lipinski definition) is 2. The van der Waals surface area contributed by atoms with E-state index in [2.05, 4.69) is 10.6 Å². The Kier molecular flexibility index (Phi) is 4.82. The molecule has 3 aromatic carbocycles. The number of hydrogen-bond acceptors (Lipinski definition) is 4. The number of carbonyl (C=O) groups is 2. The summed E-state index contributed by atoms with van der Waals surface area (Å²) >= 11 is 0. The van der Waals surface area contributed by atoms with Crippen molar-refractivity contribution < 1.29 is 19.1 Å². The van der Waals surface area contributed by atoms with Gasteiger partial charge in [0.05, 0.1) is 11.3 Å². The summed E-state index contributed by atoms with van der Waals surface area (Å²) in [5.41, 5.74) is 1.94. The van der Waals surface area contributed by atoms with Crippen molar-refractivity contribution in [1.82, 2.24) is 0 Å². The Labute approximate surface area is 180 Å². The third kappa shape index (κ3) is 3.84. The predicted molar refractivity (Wildman–Crippen MR) is 118 cm³/mol. The minimum atomic E-state index is -0.542. The summed E-state index contributed by atoms with van der Waals surface area (Å²) in [4.78, 5) is 25.5. The van der Waals surface area contributed by atoms with Crippen molar-refractivity contribution in [3.63, 3.8) is 0 Å². The highest BCUT2D eigenvalue weighted by molar-refractivity contribution is 6.12. The molecule has 2 N–H and O–H groups in total. The maximum absolute atomic E-state index is 13.0. The summed E-state index contributed by atoms with van der Waals surface area (Å²) in [5.74, 6) is 0.212. The SMILES string of the molecule is O=C(Nc1ccccc1C(=O)Nc1ccc2c(c1)OC1(CCCC1)O2)c1ccccc1. The molecule has 0 radical (unpaired) electrons. The minimum Gasteiger partial charge on any atom is -0.448 e. The summed E-state index contributed by atoms with van der Waals surface area (Å²) in [6, 6.07) is 21.2. The molecule has 1 fully saturated rings. The van der Waals surface area contributed by atoms with Crippen LogP contribution in [-0.2, 0) is 0 Å². The summed E-state index contributed by atoms with van der Waals surface area (Å²) < 4.78 is 12.1. The quantitative estimate of drug-likeness (QED) is 0.613. The van der Waals surface area contributed by atoms with Gasteiger partial charge < -0.3 is 20.1 Å². The van der Waals surface area contributed by atoms with Crippen LogP contribution in [0.1, 0.15) is 46.4 Å². The number of carbonyl (C=O) groups excluding carboxylic acids is 2. The lowest BCUT2D eigenvalue weighted by Crippen LogP contribution is -2.34. The van der Waals surface area contributed by atoms with E-state index < -0.39 is 5.79 Å². The molecule has 3 aromatic rings. The summed E-state index contributed by atoms with van der Waals surface area (Å²) in [6.07, 6.45) is 3.92. The summed E-state index contributed by atoms with van der Waals surface area (Å²) in [6.45, 7) is 0. The van der Waals surface area contributed by atoms with Gasteiger partial charge >= 0.3 is 0 Å². The van der Waals surface area contributed by atoms with E-state index in [9.17, 15) is 9.59 Å². The zero-order valence-electron chi connectivity index (χ0n) is 16.9. The van der Waals surface area contributed by atoms with Gasteiger partial charge in [0.1, 0.15) is 0 Å². The molecule has 6 heteroatoms. The van der Waals surface area contributed by atoms with Crippen molar-refractivity contribution in [1.29, 1.82) is 0 Å². The summed E-state index contributed by atoms with van der Waals surface area (Å²) in [5, 5.41) is 5.72. The largest absolute Gasteiger partial charge is 0.448 e. The smallest absolute Gasteiger partial charge is 0.257 e. The molecule has 5 rings (SSSR count). The molecule has 2 aliphatic rings. The van der Waals surface area contributed by atoms with Crippen LogP contribution in [0.15, 0.2) is 72.8 Å². The Hall–Kier alpha value is -3.80. The molecule has 0 atom stereocenters. The third-order valence-electron chi connectivity index (χ3n) is 5.61. The van der Waals surface area contributed by atoms with Crippen molar-refractivity contribution in [2.24, 2.45) is 0 Å². The van der Waals surface area contributed by atoms with Crippen molar-refractivity contribution in [2.75, 3.05) is 10.6 Å². The van der Waals surface area contributed by atoms with E-state index in [0.29, 0.717) is 34.0 Å². The number of anilines is 2. The Balaban J connectivity index is 1.32. The van der Waals surface area contributed by atoms with Crippen molar-refractivity contribution in [3.05, 3.63) is 83.9 Å². The normalized spacial score (nSPS) is 15.6. The van der Waals surface area contributed by atoms with Crippen LogP contribution in [0.5, 0.6) is 11.5 Å². The first kappa shape index (κ1) is 19.2. The number of fused-ring (bicyclic) bond motifs is 1. The second kappa shape index (κ2) is 7.80. The molecule has 0 unspecified atom stereocenters. The van der Waals surface area contributed by atoms with Crippen LogP contribution < -0.4 is 20.1 Å². The molecule has 0 aromatic heterocycles. The number of rotatable bonds is 4. The van der Waals surface area contributed by atoms with Gasteiger partial charge in [0.25, 0.3) is 17.6 Å². The monoisotopic (exact) mass is 414 g/mol. The Morgan fingerprint density at radius 2 is 1.45 bits per heavy atom. The highest BCUT2D eigenvalue weighted by atomic mass is 16.7. The highest BCUT2D eigenvalue weighted by Gasteiger charge is 2.44. The van der Waals surface area contributed by atoms with Crippen LogP contribution in [0, 0.1) is 0 Å². The molecular weight excluding hydrogens is 392 g/mol. The van der Waals surface area contributed by atoms with Crippen LogP contribution in [-0.4, -0.2) is 17.6 Å². The standard InChI is InChI=1S/C25H22N2O4/c28-23(17-8-2-1-3-9-17)27-20-11-5-4-10-19(20)24(29)26-18-12-13-21-22(16-18)31-25(30-21)14-6-7-15-25/h1-5,8-13,16H,6-7,14-15H2,(H,26,29)(H,27,28). The Morgan fingerprint density at radius 3 is 2.26 bits per heavy atom. The van der Waals surface area contributed by atoms with Crippen LogP contribution >= 0.6 is 0 Å². The fraction of sp³-hybridized carbons (Fsp3) is 0.200. The summed E-state index contributed by atoms with van der Waals surface area (Å²) in [7, 11) is 0. The van der Waals surface area contributed by atoms with Gasteiger partial charge in [-0.15, -0.1) is 0 Å². The van der Waals surface area contributed by atoms with Crippen LogP contribution in [0.4, 0.5) is 11.4 Å². The zero-order valence-corrected chi connectivity index (χ0v) is 16.9. The second-order valence-corrected chi connectivity index (χ2v) is 7.80. The third-order valence-corrected chi connectivity index (χ3v) is 5.61.